The van der Waals surface area contributed by atoms with Crippen LogP contribution < -0.4 is 0 Å². The van der Waals surface area contributed by atoms with Crippen LogP contribution in [0.15, 0.2) is 12.7 Å². The van der Waals surface area contributed by atoms with E-state index in [9.17, 15) is 9.90 Å². The molecule has 0 aromatic carbocycles. The maximum atomic E-state index is 12.0. The quantitative estimate of drug-likeness (QED) is 0.743. The van der Waals surface area contributed by atoms with Gasteiger partial charge >= 0.3 is 0 Å². The van der Waals surface area contributed by atoms with E-state index in [1.54, 1.807) is 6.08 Å². The van der Waals surface area contributed by atoms with Crippen LogP contribution in [0, 0.1) is 0 Å². The second kappa shape index (κ2) is 7.65. The van der Waals surface area contributed by atoms with Crippen molar-refractivity contribution in [2.24, 2.45) is 0 Å². The van der Waals surface area contributed by atoms with Gasteiger partial charge in [0.15, 0.2) is 5.78 Å². The average Bonchev–Trinajstić information content (AvgIpc) is 2.30. The Balaban J connectivity index is 2.56. The van der Waals surface area contributed by atoms with Gasteiger partial charge in [-0.25, -0.2) is 0 Å². The number of rotatable bonds is 2. The highest BCUT2D eigenvalue weighted by Gasteiger charge is 2.32. The Morgan fingerprint density at radius 3 is 2.18 bits per heavy atom. The van der Waals surface area contributed by atoms with Gasteiger partial charge in [-0.3, -0.25) is 4.79 Å². The highest BCUT2D eigenvalue weighted by Crippen LogP contribution is 2.25. The Labute approximate surface area is 105 Å². The monoisotopic (exact) mass is 238 g/mol. The Morgan fingerprint density at radius 2 is 1.59 bits per heavy atom. The molecule has 1 fully saturated rings. The zero-order chi connectivity index (χ0) is 12.6. The molecule has 1 saturated carbocycles. The van der Waals surface area contributed by atoms with Crippen LogP contribution in [-0.4, -0.2) is 16.5 Å². The van der Waals surface area contributed by atoms with Crippen LogP contribution in [0.5, 0.6) is 0 Å². The van der Waals surface area contributed by atoms with Gasteiger partial charge in [0.25, 0.3) is 0 Å². The number of hydrogen-bond acceptors (Lipinski definition) is 2. The van der Waals surface area contributed by atoms with Gasteiger partial charge in [0.05, 0.1) is 0 Å². The fourth-order valence-corrected chi connectivity index (χ4v) is 2.59. The summed E-state index contributed by atoms with van der Waals surface area (Å²) in [5.74, 6) is 0.0259. The molecule has 0 saturated heterocycles. The standard InChI is InChI=1S/C15H26O2/c1-2-12-15(17)13-10-8-6-4-3-5-7-9-11-14(15)16/h2,17H,1,3-13H2/t15-/m1/s1. The highest BCUT2D eigenvalue weighted by molar-refractivity contribution is 5.87. The van der Waals surface area contributed by atoms with Gasteiger partial charge in [-0.1, -0.05) is 51.0 Å². The predicted octanol–water partition coefficient (Wildman–Crippen LogP) is 3.78. The molecular weight excluding hydrogens is 212 g/mol. The maximum absolute atomic E-state index is 12.0. The van der Waals surface area contributed by atoms with Crippen molar-refractivity contribution >= 4 is 5.78 Å². The maximum Gasteiger partial charge on any atom is 0.164 e. The SMILES string of the molecule is C=CC[C@@]1(O)CCCCCCCCCCC1=O. The van der Waals surface area contributed by atoms with Gasteiger partial charge < -0.3 is 5.11 Å². The average molecular weight is 238 g/mol. The molecule has 0 aliphatic heterocycles. The van der Waals surface area contributed by atoms with Gasteiger partial charge in [0, 0.05) is 12.8 Å². The van der Waals surface area contributed by atoms with E-state index in [2.05, 4.69) is 6.58 Å². The smallest absolute Gasteiger partial charge is 0.164 e. The third kappa shape index (κ3) is 5.03. The van der Waals surface area contributed by atoms with Crippen LogP contribution in [-0.2, 0) is 4.79 Å². The first-order valence-electron chi connectivity index (χ1n) is 7.05. The third-order valence-electron chi connectivity index (χ3n) is 3.75. The first-order chi connectivity index (χ1) is 8.19. The molecule has 2 nitrogen and oxygen atoms in total. The summed E-state index contributed by atoms with van der Waals surface area (Å²) in [5.41, 5.74) is -1.12. The summed E-state index contributed by atoms with van der Waals surface area (Å²) in [5, 5.41) is 10.4. The number of Topliss-reactive ketones (excluding diaryl/α,β-unsaturated/α-hetero) is 1. The minimum atomic E-state index is -1.12. The fraction of sp³-hybridized carbons (Fsp3) is 0.800. The first-order valence-corrected chi connectivity index (χ1v) is 7.05. The molecule has 0 amide bonds. The summed E-state index contributed by atoms with van der Waals surface area (Å²) in [4.78, 5) is 12.0. The lowest BCUT2D eigenvalue weighted by Crippen LogP contribution is -2.38. The molecule has 0 aromatic rings. The Kier molecular flexibility index (Phi) is 6.49. The third-order valence-corrected chi connectivity index (χ3v) is 3.75. The molecule has 98 valence electrons. The van der Waals surface area contributed by atoms with E-state index in [0.29, 0.717) is 19.3 Å². The van der Waals surface area contributed by atoms with Crippen molar-refractivity contribution in [3.05, 3.63) is 12.7 Å². The molecule has 0 heterocycles. The van der Waals surface area contributed by atoms with Gasteiger partial charge in [-0.2, -0.15) is 0 Å². The van der Waals surface area contributed by atoms with Gasteiger partial charge in [0.2, 0.25) is 0 Å². The van der Waals surface area contributed by atoms with Crippen LogP contribution in [0.1, 0.15) is 70.6 Å². The molecule has 1 atom stereocenters. The molecular formula is C15H26O2. The minimum Gasteiger partial charge on any atom is -0.382 e. The second-order valence-electron chi connectivity index (χ2n) is 5.28. The molecule has 1 rings (SSSR count). The number of aliphatic hydroxyl groups is 1. The van der Waals surface area contributed by atoms with Gasteiger partial charge in [0.1, 0.15) is 5.60 Å². The van der Waals surface area contributed by atoms with Crippen LogP contribution in [0.2, 0.25) is 0 Å². The molecule has 0 spiro atoms. The van der Waals surface area contributed by atoms with E-state index >= 15 is 0 Å². The molecule has 0 aromatic heterocycles. The summed E-state index contributed by atoms with van der Waals surface area (Å²) < 4.78 is 0. The van der Waals surface area contributed by atoms with Crippen molar-refractivity contribution in [3.63, 3.8) is 0 Å². The number of carbonyl (C=O) groups is 1. The van der Waals surface area contributed by atoms with E-state index in [1.165, 1.54) is 25.7 Å². The van der Waals surface area contributed by atoms with Gasteiger partial charge in [-0.05, 0) is 12.8 Å². The summed E-state index contributed by atoms with van der Waals surface area (Å²) in [6, 6.07) is 0. The predicted molar refractivity (Wildman–Crippen MR) is 70.9 cm³/mol. The van der Waals surface area contributed by atoms with Crippen molar-refractivity contribution < 1.29 is 9.90 Å². The van der Waals surface area contributed by atoms with Crippen molar-refractivity contribution in [3.8, 4) is 0 Å². The van der Waals surface area contributed by atoms with Gasteiger partial charge in [-0.15, -0.1) is 6.58 Å². The van der Waals surface area contributed by atoms with Crippen LogP contribution in [0.3, 0.4) is 0 Å². The van der Waals surface area contributed by atoms with Crippen molar-refractivity contribution in [2.45, 2.75) is 76.2 Å². The minimum absolute atomic E-state index is 0.0259. The largest absolute Gasteiger partial charge is 0.382 e. The van der Waals surface area contributed by atoms with E-state index in [0.717, 1.165) is 25.7 Å². The number of carbonyl (C=O) groups excluding carboxylic acids is 1. The fourth-order valence-electron chi connectivity index (χ4n) is 2.59. The molecule has 0 bridgehead atoms. The number of ketones is 1. The topological polar surface area (TPSA) is 37.3 Å². The van der Waals surface area contributed by atoms with Crippen molar-refractivity contribution in [1.82, 2.24) is 0 Å². The van der Waals surface area contributed by atoms with E-state index in [-0.39, 0.29) is 5.78 Å². The molecule has 2 heteroatoms. The summed E-state index contributed by atoms with van der Waals surface area (Å²) in [6.07, 6.45) is 12.4. The Hall–Kier alpha value is -0.630. The van der Waals surface area contributed by atoms with Crippen molar-refractivity contribution in [1.29, 1.82) is 0 Å². The highest BCUT2D eigenvalue weighted by atomic mass is 16.3. The second-order valence-corrected chi connectivity index (χ2v) is 5.28. The molecule has 0 radical (unpaired) electrons. The lowest BCUT2D eigenvalue weighted by Gasteiger charge is -2.26. The molecule has 1 N–H and O–H groups in total. The van der Waals surface area contributed by atoms with Crippen molar-refractivity contribution in [2.75, 3.05) is 0 Å². The zero-order valence-corrected chi connectivity index (χ0v) is 10.9. The summed E-state index contributed by atoms with van der Waals surface area (Å²) in [6.45, 7) is 3.65. The van der Waals surface area contributed by atoms with E-state index in [4.69, 9.17) is 0 Å². The summed E-state index contributed by atoms with van der Waals surface area (Å²) in [7, 11) is 0. The van der Waals surface area contributed by atoms with E-state index < -0.39 is 5.60 Å². The summed E-state index contributed by atoms with van der Waals surface area (Å²) >= 11 is 0. The number of hydrogen-bond donors (Lipinski definition) is 1. The van der Waals surface area contributed by atoms with E-state index in [1.807, 2.05) is 0 Å². The first kappa shape index (κ1) is 14.4. The molecule has 0 unspecified atom stereocenters. The van der Waals surface area contributed by atoms with Crippen LogP contribution >= 0.6 is 0 Å². The molecule has 1 aliphatic carbocycles. The van der Waals surface area contributed by atoms with Crippen LogP contribution in [0.4, 0.5) is 0 Å². The van der Waals surface area contributed by atoms with Crippen LogP contribution in [0.25, 0.3) is 0 Å². The lowest BCUT2D eigenvalue weighted by molar-refractivity contribution is -0.138. The lowest BCUT2D eigenvalue weighted by atomic mass is 9.85. The molecule has 17 heavy (non-hydrogen) atoms. The molecule has 1 aliphatic rings. The zero-order valence-electron chi connectivity index (χ0n) is 10.9. The Morgan fingerprint density at radius 1 is 1.06 bits per heavy atom. The normalized spacial score (nSPS) is 29.1. The Bertz CT molecular complexity index is 247.